The average molecular weight is 287 g/mol. The highest BCUT2D eigenvalue weighted by Gasteiger charge is 2.23. The van der Waals surface area contributed by atoms with Crippen LogP contribution >= 0.6 is 0 Å². The van der Waals surface area contributed by atoms with E-state index in [0.717, 1.165) is 18.0 Å². The van der Waals surface area contributed by atoms with Crippen LogP contribution in [0.4, 0.5) is 5.69 Å². The van der Waals surface area contributed by atoms with Crippen molar-refractivity contribution in [3.8, 4) is 0 Å². The molecule has 0 unspecified atom stereocenters. The summed E-state index contributed by atoms with van der Waals surface area (Å²) in [5.74, 6) is 0.964. The second-order valence-electron chi connectivity index (χ2n) is 6.64. The molecule has 116 valence electrons. The Hall–Kier alpha value is -1.31. The van der Waals surface area contributed by atoms with Crippen LogP contribution in [0.5, 0.6) is 0 Å². The summed E-state index contributed by atoms with van der Waals surface area (Å²) in [6.07, 6.45) is 7.15. The van der Waals surface area contributed by atoms with Crippen LogP contribution in [0.15, 0.2) is 24.3 Å². The van der Waals surface area contributed by atoms with Gasteiger partial charge in [0, 0.05) is 30.3 Å². The first-order valence-electron chi connectivity index (χ1n) is 8.51. The molecule has 0 atom stereocenters. The Morgan fingerprint density at radius 3 is 2.33 bits per heavy atom. The van der Waals surface area contributed by atoms with Gasteiger partial charge in [-0.15, -0.1) is 0 Å². The molecule has 0 amide bonds. The summed E-state index contributed by atoms with van der Waals surface area (Å²) in [4.78, 5) is 14.3. The molecule has 1 aliphatic carbocycles. The third-order valence-electron chi connectivity index (χ3n) is 4.55. The molecular weight excluding hydrogens is 258 g/mol. The smallest absolute Gasteiger partial charge is 0.162 e. The lowest BCUT2D eigenvalue weighted by Crippen LogP contribution is -2.34. The van der Waals surface area contributed by atoms with Gasteiger partial charge in [-0.25, -0.2) is 0 Å². The number of ketones is 1. The molecule has 0 saturated heterocycles. The van der Waals surface area contributed by atoms with Crippen molar-refractivity contribution in [2.45, 2.75) is 65.3 Å². The molecule has 21 heavy (non-hydrogen) atoms. The predicted octanol–water partition coefficient (Wildman–Crippen LogP) is 5.07. The standard InChI is InChI=1S/C19H29NO/c1-4-19(21)16-9-11-18(12-10-16)20(14-13-15(2)3)17-7-5-6-8-17/h9-12,15,17H,4-8,13-14H2,1-3H3. The Labute approximate surface area is 129 Å². The molecule has 0 aliphatic heterocycles. The van der Waals surface area contributed by atoms with Gasteiger partial charge in [0.25, 0.3) is 0 Å². The first kappa shape index (κ1) is 16.1. The zero-order valence-corrected chi connectivity index (χ0v) is 13.8. The Bertz CT molecular complexity index is 443. The Morgan fingerprint density at radius 2 is 1.81 bits per heavy atom. The minimum atomic E-state index is 0.233. The number of hydrogen-bond acceptors (Lipinski definition) is 2. The van der Waals surface area contributed by atoms with Gasteiger partial charge in [0.2, 0.25) is 0 Å². The zero-order chi connectivity index (χ0) is 15.2. The number of Topliss-reactive ketones (excluding diaryl/α,β-unsaturated/α-hetero) is 1. The molecule has 0 radical (unpaired) electrons. The summed E-state index contributed by atoms with van der Waals surface area (Å²) in [6, 6.07) is 8.97. The lowest BCUT2D eigenvalue weighted by atomic mass is 10.1. The van der Waals surface area contributed by atoms with Crippen LogP contribution in [0.1, 0.15) is 69.7 Å². The maximum atomic E-state index is 11.8. The van der Waals surface area contributed by atoms with Gasteiger partial charge in [-0.1, -0.05) is 33.6 Å². The fourth-order valence-corrected chi connectivity index (χ4v) is 3.18. The molecule has 0 aromatic heterocycles. The van der Waals surface area contributed by atoms with Crippen molar-refractivity contribution in [3.63, 3.8) is 0 Å². The van der Waals surface area contributed by atoms with Crippen LogP contribution < -0.4 is 4.90 Å². The molecular formula is C19H29NO. The highest BCUT2D eigenvalue weighted by atomic mass is 16.1. The lowest BCUT2D eigenvalue weighted by molar-refractivity contribution is 0.0988. The molecule has 0 heterocycles. The molecule has 1 aromatic carbocycles. The van der Waals surface area contributed by atoms with Crippen molar-refractivity contribution in [2.75, 3.05) is 11.4 Å². The van der Waals surface area contributed by atoms with Crippen LogP contribution in [-0.4, -0.2) is 18.4 Å². The van der Waals surface area contributed by atoms with Gasteiger partial charge in [-0.3, -0.25) is 4.79 Å². The van der Waals surface area contributed by atoms with E-state index in [1.165, 1.54) is 37.8 Å². The number of hydrogen-bond donors (Lipinski definition) is 0. The van der Waals surface area contributed by atoms with Crippen LogP contribution in [0.3, 0.4) is 0 Å². The van der Waals surface area contributed by atoms with Crippen molar-refractivity contribution < 1.29 is 4.79 Å². The normalized spacial score (nSPS) is 15.6. The predicted molar refractivity (Wildman–Crippen MR) is 90.1 cm³/mol. The number of carbonyl (C=O) groups is 1. The monoisotopic (exact) mass is 287 g/mol. The molecule has 1 aliphatic rings. The van der Waals surface area contributed by atoms with E-state index in [4.69, 9.17) is 0 Å². The Kier molecular flexibility index (Phi) is 5.84. The molecule has 1 saturated carbocycles. The second-order valence-corrected chi connectivity index (χ2v) is 6.64. The lowest BCUT2D eigenvalue weighted by Gasteiger charge is -2.32. The van der Waals surface area contributed by atoms with Crippen LogP contribution in [-0.2, 0) is 0 Å². The minimum absolute atomic E-state index is 0.233. The fourth-order valence-electron chi connectivity index (χ4n) is 3.18. The summed E-state index contributed by atoms with van der Waals surface area (Å²) in [6.45, 7) is 7.62. The van der Waals surface area contributed by atoms with Gasteiger partial charge in [-0.05, 0) is 49.4 Å². The first-order chi connectivity index (χ1) is 10.1. The van der Waals surface area contributed by atoms with E-state index in [2.05, 4.69) is 30.9 Å². The van der Waals surface area contributed by atoms with Crippen molar-refractivity contribution in [1.82, 2.24) is 0 Å². The largest absolute Gasteiger partial charge is 0.369 e. The van der Waals surface area contributed by atoms with Gasteiger partial charge in [0.1, 0.15) is 0 Å². The summed E-state index contributed by atoms with van der Waals surface area (Å²) < 4.78 is 0. The third-order valence-corrected chi connectivity index (χ3v) is 4.55. The maximum absolute atomic E-state index is 11.8. The Balaban J connectivity index is 2.13. The third kappa shape index (κ3) is 4.33. The van der Waals surface area contributed by atoms with E-state index < -0.39 is 0 Å². The summed E-state index contributed by atoms with van der Waals surface area (Å²) >= 11 is 0. The highest BCUT2D eigenvalue weighted by Crippen LogP contribution is 2.29. The number of benzene rings is 1. The topological polar surface area (TPSA) is 20.3 Å². The fraction of sp³-hybridized carbons (Fsp3) is 0.632. The first-order valence-corrected chi connectivity index (χ1v) is 8.51. The molecule has 0 bridgehead atoms. The molecule has 1 aromatic rings. The molecule has 0 N–H and O–H groups in total. The van der Waals surface area contributed by atoms with Crippen molar-refractivity contribution in [1.29, 1.82) is 0 Å². The summed E-state index contributed by atoms with van der Waals surface area (Å²) in [7, 11) is 0. The molecule has 2 heteroatoms. The van der Waals surface area contributed by atoms with Gasteiger partial charge < -0.3 is 4.90 Å². The minimum Gasteiger partial charge on any atom is -0.369 e. The summed E-state index contributed by atoms with van der Waals surface area (Å²) in [5.41, 5.74) is 2.13. The number of rotatable bonds is 7. The molecule has 2 nitrogen and oxygen atoms in total. The van der Waals surface area contributed by atoms with Crippen LogP contribution in [0.2, 0.25) is 0 Å². The maximum Gasteiger partial charge on any atom is 0.162 e. The Morgan fingerprint density at radius 1 is 1.19 bits per heavy atom. The van der Waals surface area contributed by atoms with E-state index in [9.17, 15) is 4.79 Å². The van der Waals surface area contributed by atoms with Gasteiger partial charge in [-0.2, -0.15) is 0 Å². The van der Waals surface area contributed by atoms with E-state index >= 15 is 0 Å². The number of carbonyl (C=O) groups excluding carboxylic acids is 1. The van der Waals surface area contributed by atoms with E-state index in [1.54, 1.807) is 0 Å². The van der Waals surface area contributed by atoms with Crippen molar-refractivity contribution in [3.05, 3.63) is 29.8 Å². The molecule has 2 rings (SSSR count). The van der Waals surface area contributed by atoms with E-state index in [0.29, 0.717) is 12.5 Å². The van der Waals surface area contributed by atoms with Gasteiger partial charge in [0.05, 0.1) is 0 Å². The van der Waals surface area contributed by atoms with Crippen molar-refractivity contribution in [2.24, 2.45) is 5.92 Å². The van der Waals surface area contributed by atoms with Crippen LogP contribution in [0, 0.1) is 5.92 Å². The quantitative estimate of drug-likeness (QED) is 0.652. The van der Waals surface area contributed by atoms with E-state index in [-0.39, 0.29) is 5.78 Å². The van der Waals surface area contributed by atoms with Crippen molar-refractivity contribution >= 4 is 11.5 Å². The van der Waals surface area contributed by atoms with Crippen LogP contribution in [0.25, 0.3) is 0 Å². The second kappa shape index (κ2) is 7.63. The summed E-state index contributed by atoms with van der Waals surface area (Å²) in [5, 5.41) is 0. The molecule has 1 fully saturated rings. The average Bonchev–Trinajstić information content (AvgIpc) is 3.01. The van der Waals surface area contributed by atoms with Gasteiger partial charge in [0.15, 0.2) is 5.78 Å². The van der Waals surface area contributed by atoms with Gasteiger partial charge >= 0.3 is 0 Å². The number of nitrogens with zero attached hydrogens (tertiary/aromatic N) is 1. The molecule has 0 spiro atoms. The van der Waals surface area contributed by atoms with E-state index in [1.807, 2.05) is 19.1 Å². The highest BCUT2D eigenvalue weighted by molar-refractivity contribution is 5.96. The number of anilines is 1. The SMILES string of the molecule is CCC(=O)c1ccc(N(CCC(C)C)C2CCCC2)cc1. The zero-order valence-electron chi connectivity index (χ0n) is 13.8.